The van der Waals surface area contributed by atoms with E-state index in [0.717, 1.165) is 5.69 Å². The quantitative estimate of drug-likeness (QED) is 0.890. The van der Waals surface area contributed by atoms with Crippen LogP contribution in [0.3, 0.4) is 0 Å². The standard InChI is InChI=1S/C14H18ClN3O/c1-14(2,3)18-13(19)8-12(9-16)17-11-6-4-5-10(15)7-11/h4-7,12,17H,8H2,1-3H3,(H,18,19). The van der Waals surface area contributed by atoms with Gasteiger partial charge in [-0.05, 0) is 39.0 Å². The first-order chi connectivity index (χ1) is 8.80. The second-order valence-corrected chi connectivity index (χ2v) is 5.78. The lowest BCUT2D eigenvalue weighted by Crippen LogP contribution is -2.42. The van der Waals surface area contributed by atoms with Crippen LogP contribution in [0.1, 0.15) is 27.2 Å². The van der Waals surface area contributed by atoms with Crippen LogP contribution >= 0.6 is 11.6 Å². The third kappa shape index (κ3) is 6.12. The van der Waals surface area contributed by atoms with Crippen molar-refractivity contribution < 1.29 is 4.79 Å². The summed E-state index contributed by atoms with van der Waals surface area (Å²) in [6, 6.07) is 8.54. The summed E-state index contributed by atoms with van der Waals surface area (Å²) < 4.78 is 0. The van der Waals surface area contributed by atoms with Crippen LogP contribution < -0.4 is 10.6 Å². The molecule has 0 fully saturated rings. The highest BCUT2D eigenvalue weighted by Crippen LogP contribution is 2.16. The number of rotatable bonds is 4. The molecule has 19 heavy (non-hydrogen) atoms. The first-order valence-electron chi connectivity index (χ1n) is 6.03. The maximum absolute atomic E-state index is 11.8. The molecule has 4 nitrogen and oxygen atoms in total. The third-order valence-corrected chi connectivity index (χ3v) is 2.46. The van der Waals surface area contributed by atoms with Crippen molar-refractivity contribution in [3.05, 3.63) is 29.3 Å². The molecule has 1 amide bonds. The van der Waals surface area contributed by atoms with Crippen LogP contribution in [0.2, 0.25) is 5.02 Å². The Labute approximate surface area is 118 Å². The van der Waals surface area contributed by atoms with Gasteiger partial charge in [-0.25, -0.2) is 0 Å². The summed E-state index contributed by atoms with van der Waals surface area (Å²) in [6.07, 6.45) is 0.0975. The van der Waals surface area contributed by atoms with Crippen molar-refractivity contribution >= 4 is 23.2 Å². The van der Waals surface area contributed by atoms with Gasteiger partial charge in [0, 0.05) is 16.2 Å². The lowest BCUT2D eigenvalue weighted by Gasteiger charge is -2.21. The van der Waals surface area contributed by atoms with E-state index in [0.29, 0.717) is 5.02 Å². The monoisotopic (exact) mass is 279 g/mol. The maximum Gasteiger partial charge on any atom is 0.223 e. The number of nitriles is 1. The number of carbonyl (C=O) groups is 1. The zero-order valence-corrected chi connectivity index (χ0v) is 12.1. The van der Waals surface area contributed by atoms with Crippen molar-refractivity contribution in [2.24, 2.45) is 0 Å². The fraction of sp³-hybridized carbons (Fsp3) is 0.429. The number of benzene rings is 1. The largest absolute Gasteiger partial charge is 0.369 e. The van der Waals surface area contributed by atoms with E-state index in [1.165, 1.54) is 0 Å². The van der Waals surface area contributed by atoms with Gasteiger partial charge in [-0.3, -0.25) is 4.79 Å². The number of carbonyl (C=O) groups excluding carboxylic acids is 1. The molecule has 0 aliphatic rings. The molecule has 0 aliphatic carbocycles. The Morgan fingerprint density at radius 3 is 2.68 bits per heavy atom. The molecule has 0 saturated carbocycles. The highest BCUT2D eigenvalue weighted by molar-refractivity contribution is 6.30. The number of nitrogens with one attached hydrogen (secondary N) is 2. The zero-order chi connectivity index (χ0) is 14.5. The molecular formula is C14H18ClN3O. The molecule has 102 valence electrons. The lowest BCUT2D eigenvalue weighted by molar-refractivity contribution is -0.122. The Morgan fingerprint density at radius 2 is 2.16 bits per heavy atom. The van der Waals surface area contributed by atoms with Gasteiger partial charge in [0.1, 0.15) is 6.04 Å². The molecule has 1 aromatic rings. The van der Waals surface area contributed by atoms with Gasteiger partial charge in [-0.1, -0.05) is 17.7 Å². The molecule has 0 bridgehead atoms. The molecule has 1 aromatic carbocycles. The summed E-state index contributed by atoms with van der Waals surface area (Å²) in [5.41, 5.74) is 0.426. The van der Waals surface area contributed by atoms with Crippen molar-refractivity contribution in [2.75, 3.05) is 5.32 Å². The molecule has 0 aliphatic heterocycles. The zero-order valence-electron chi connectivity index (χ0n) is 11.3. The Kier molecular flexibility index (Phi) is 5.20. The van der Waals surface area contributed by atoms with Crippen LogP contribution in [-0.4, -0.2) is 17.5 Å². The Bertz CT molecular complexity index is 488. The summed E-state index contributed by atoms with van der Waals surface area (Å²) in [5.74, 6) is -0.159. The average Bonchev–Trinajstić information content (AvgIpc) is 2.25. The molecule has 1 rings (SSSR count). The van der Waals surface area contributed by atoms with Gasteiger partial charge in [0.05, 0.1) is 12.5 Å². The fourth-order valence-corrected chi connectivity index (χ4v) is 1.75. The number of nitrogens with zero attached hydrogens (tertiary/aromatic N) is 1. The average molecular weight is 280 g/mol. The van der Waals surface area contributed by atoms with Crippen LogP contribution in [0.25, 0.3) is 0 Å². The lowest BCUT2D eigenvalue weighted by atomic mass is 10.1. The summed E-state index contributed by atoms with van der Waals surface area (Å²) in [4.78, 5) is 11.8. The molecule has 1 unspecified atom stereocenters. The second-order valence-electron chi connectivity index (χ2n) is 5.34. The van der Waals surface area contributed by atoms with Crippen molar-refractivity contribution in [2.45, 2.75) is 38.8 Å². The van der Waals surface area contributed by atoms with Crippen molar-refractivity contribution in [1.82, 2.24) is 5.32 Å². The molecular weight excluding hydrogens is 262 g/mol. The first-order valence-corrected chi connectivity index (χ1v) is 6.41. The van der Waals surface area contributed by atoms with E-state index in [-0.39, 0.29) is 17.9 Å². The van der Waals surface area contributed by atoms with E-state index in [2.05, 4.69) is 16.7 Å². The maximum atomic E-state index is 11.8. The number of hydrogen-bond acceptors (Lipinski definition) is 3. The predicted molar refractivity (Wildman–Crippen MR) is 77.0 cm³/mol. The first kappa shape index (κ1) is 15.3. The van der Waals surface area contributed by atoms with Gasteiger partial charge < -0.3 is 10.6 Å². The Balaban J connectivity index is 2.60. The van der Waals surface area contributed by atoms with Crippen LogP contribution in [0.4, 0.5) is 5.69 Å². The Hall–Kier alpha value is -1.73. The molecule has 2 N–H and O–H groups in total. The number of halogens is 1. The summed E-state index contributed by atoms with van der Waals surface area (Å²) in [7, 11) is 0. The minimum absolute atomic E-state index is 0.0975. The molecule has 1 atom stereocenters. The highest BCUT2D eigenvalue weighted by Gasteiger charge is 2.18. The van der Waals surface area contributed by atoms with Gasteiger partial charge in [0.2, 0.25) is 5.91 Å². The molecule has 0 saturated heterocycles. The summed E-state index contributed by atoms with van der Waals surface area (Å²) >= 11 is 5.86. The van der Waals surface area contributed by atoms with E-state index in [9.17, 15) is 4.79 Å². The second kappa shape index (κ2) is 6.44. The minimum Gasteiger partial charge on any atom is -0.369 e. The summed E-state index contributed by atoms with van der Waals surface area (Å²) in [6.45, 7) is 5.70. The number of anilines is 1. The van der Waals surface area contributed by atoms with Gasteiger partial charge in [0.25, 0.3) is 0 Å². The topological polar surface area (TPSA) is 64.9 Å². The van der Waals surface area contributed by atoms with Gasteiger partial charge in [-0.15, -0.1) is 0 Å². The molecule has 0 spiro atoms. The van der Waals surface area contributed by atoms with Crippen molar-refractivity contribution in [3.63, 3.8) is 0 Å². The normalized spacial score (nSPS) is 12.4. The van der Waals surface area contributed by atoms with Crippen molar-refractivity contribution in [1.29, 1.82) is 5.26 Å². The van der Waals surface area contributed by atoms with Gasteiger partial charge in [-0.2, -0.15) is 5.26 Å². The smallest absolute Gasteiger partial charge is 0.223 e. The molecule has 0 radical (unpaired) electrons. The number of hydrogen-bond donors (Lipinski definition) is 2. The van der Waals surface area contributed by atoms with Crippen LogP contribution in [-0.2, 0) is 4.79 Å². The molecule has 0 aromatic heterocycles. The van der Waals surface area contributed by atoms with Gasteiger partial charge >= 0.3 is 0 Å². The van der Waals surface area contributed by atoms with E-state index in [4.69, 9.17) is 16.9 Å². The van der Waals surface area contributed by atoms with Crippen LogP contribution in [0, 0.1) is 11.3 Å². The number of amides is 1. The Morgan fingerprint density at radius 1 is 1.47 bits per heavy atom. The van der Waals surface area contributed by atoms with Crippen molar-refractivity contribution in [3.8, 4) is 6.07 Å². The SMILES string of the molecule is CC(C)(C)NC(=O)CC(C#N)Nc1cccc(Cl)c1. The predicted octanol–water partition coefficient (Wildman–Crippen LogP) is 2.95. The van der Waals surface area contributed by atoms with E-state index in [1.807, 2.05) is 20.8 Å². The third-order valence-electron chi connectivity index (χ3n) is 2.23. The molecule has 0 heterocycles. The summed E-state index contributed by atoms with van der Waals surface area (Å²) in [5, 5.41) is 15.5. The highest BCUT2D eigenvalue weighted by atomic mass is 35.5. The fourth-order valence-electron chi connectivity index (χ4n) is 1.56. The van der Waals surface area contributed by atoms with E-state index < -0.39 is 6.04 Å². The van der Waals surface area contributed by atoms with Crippen LogP contribution in [0.5, 0.6) is 0 Å². The van der Waals surface area contributed by atoms with Crippen LogP contribution in [0.15, 0.2) is 24.3 Å². The molecule has 5 heteroatoms. The van der Waals surface area contributed by atoms with Gasteiger partial charge in [0.15, 0.2) is 0 Å². The van der Waals surface area contributed by atoms with E-state index >= 15 is 0 Å². The minimum atomic E-state index is -0.583. The van der Waals surface area contributed by atoms with E-state index in [1.54, 1.807) is 24.3 Å².